The Labute approximate surface area is 134 Å². The third-order valence-electron chi connectivity index (χ3n) is 3.85. The fraction of sp³-hybridized carbons (Fsp3) is 0.235. The molecule has 108 valence electrons. The van der Waals surface area contributed by atoms with Gasteiger partial charge in [0.25, 0.3) is 0 Å². The Hall–Kier alpha value is -1.35. The number of halogens is 2. The lowest BCUT2D eigenvalue weighted by atomic mass is 9.85. The van der Waals surface area contributed by atoms with Crippen LogP contribution >= 0.6 is 23.2 Å². The number of fused-ring (bicyclic) bond motifs is 1. The normalized spacial score (nSPS) is 17.3. The molecule has 4 heteroatoms. The number of rotatable bonds is 3. The van der Waals surface area contributed by atoms with Gasteiger partial charge >= 0.3 is 0 Å². The molecule has 2 aromatic rings. The Kier molecular flexibility index (Phi) is 4.29. The first-order chi connectivity index (χ1) is 10.1. The summed E-state index contributed by atoms with van der Waals surface area (Å²) in [6.45, 7) is 1.52. The van der Waals surface area contributed by atoms with Crippen molar-refractivity contribution >= 4 is 29.0 Å². The van der Waals surface area contributed by atoms with E-state index in [4.69, 9.17) is 23.2 Å². The molecule has 2 aromatic carbocycles. The monoisotopic (exact) mass is 319 g/mol. The summed E-state index contributed by atoms with van der Waals surface area (Å²) in [5.41, 5.74) is 3.25. The first kappa shape index (κ1) is 14.6. The van der Waals surface area contributed by atoms with E-state index in [-0.39, 0.29) is 11.7 Å². The maximum atomic E-state index is 12.6. The lowest BCUT2D eigenvalue weighted by Gasteiger charge is -2.25. The quantitative estimate of drug-likeness (QED) is 0.926. The molecule has 1 atom stereocenters. The summed E-state index contributed by atoms with van der Waals surface area (Å²) >= 11 is 11.9. The molecule has 0 saturated heterocycles. The van der Waals surface area contributed by atoms with Crippen molar-refractivity contribution in [3.05, 3.63) is 69.2 Å². The minimum Gasteiger partial charge on any atom is -0.312 e. The number of hydrogen-bond acceptors (Lipinski definition) is 2. The van der Waals surface area contributed by atoms with Crippen molar-refractivity contribution in [3.8, 4) is 0 Å². The van der Waals surface area contributed by atoms with Gasteiger partial charge in [-0.05, 0) is 28.8 Å². The molecule has 0 fully saturated rings. The Morgan fingerprint density at radius 1 is 1.14 bits per heavy atom. The zero-order valence-corrected chi connectivity index (χ0v) is 12.9. The molecule has 0 bridgehead atoms. The smallest absolute Gasteiger partial charge is 0.145 e. The van der Waals surface area contributed by atoms with Crippen molar-refractivity contribution < 1.29 is 4.79 Å². The van der Waals surface area contributed by atoms with Crippen molar-refractivity contribution in [2.24, 2.45) is 0 Å². The van der Waals surface area contributed by atoms with Crippen LogP contribution in [0.4, 0.5) is 0 Å². The average molecular weight is 320 g/mol. The highest BCUT2D eigenvalue weighted by Gasteiger charge is 2.25. The fourth-order valence-electron chi connectivity index (χ4n) is 2.76. The van der Waals surface area contributed by atoms with Crippen molar-refractivity contribution in [2.75, 3.05) is 6.54 Å². The Morgan fingerprint density at radius 2 is 1.95 bits per heavy atom. The Morgan fingerprint density at radius 3 is 2.76 bits per heavy atom. The molecule has 1 heterocycles. The van der Waals surface area contributed by atoms with Crippen LogP contribution in [0.3, 0.4) is 0 Å². The molecule has 1 aliphatic rings. The van der Waals surface area contributed by atoms with Crippen LogP contribution in [-0.2, 0) is 17.8 Å². The number of Topliss-reactive ketones (excluding diaryl/α,β-unsaturated/α-hetero) is 1. The fourth-order valence-corrected chi connectivity index (χ4v) is 3.08. The third-order valence-corrected chi connectivity index (χ3v) is 4.58. The van der Waals surface area contributed by atoms with Gasteiger partial charge in [-0.2, -0.15) is 0 Å². The number of carbonyl (C=O) groups is 1. The highest BCUT2D eigenvalue weighted by atomic mass is 35.5. The number of nitrogens with one attached hydrogen (secondary N) is 1. The molecule has 2 nitrogen and oxygen atoms in total. The van der Waals surface area contributed by atoms with Crippen LogP contribution in [-0.4, -0.2) is 12.3 Å². The van der Waals surface area contributed by atoms with E-state index >= 15 is 0 Å². The second-order valence-electron chi connectivity index (χ2n) is 5.27. The van der Waals surface area contributed by atoms with Crippen LogP contribution in [0.5, 0.6) is 0 Å². The van der Waals surface area contributed by atoms with E-state index in [1.807, 2.05) is 24.3 Å². The molecule has 3 rings (SSSR count). The lowest BCUT2D eigenvalue weighted by molar-refractivity contribution is -0.119. The number of carbonyl (C=O) groups excluding carboxylic acids is 1. The minimum absolute atomic E-state index is 0.0931. The third kappa shape index (κ3) is 3.13. The van der Waals surface area contributed by atoms with E-state index in [0.29, 0.717) is 23.0 Å². The number of benzene rings is 2. The van der Waals surface area contributed by atoms with Gasteiger partial charge < -0.3 is 5.32 Å². The van der Waals surface area contributed by atoms with E-state index < -0.39 is 0 Å². The van der Waals surface area contributed by atoms with Gasteiger partial charge in [0.05, 0.1) is 16.0 Å². The zero-order valence-electron chi connectivity index (χ0n) is 11.4. The van der Waals surface area contributed by atoms with Gasteiger partial charge in [-0.25, -0.2) is 0 Å². The van der Waals surface area contributed by atoms with E-state index in [0.717, 1.165) is 17.7 Å². The van der Waals surface area contributed by atoms with Gasteiger partial charge in [-0.1, -0.05) is 53.5 Å². The molecular weight excluding hydrogens is 305 g/mol. The van der Waals surface area contributed by atoms with Crippen LogP contribution in [0.25, 0.3) is 0 Å². The summed E-state index contributed by atoms with van der Waals surface area (Å²) in [6.07, 6.45) is 0.373. The molecule has 0 saturated carbocycles. The second kappa shape index (κ2) is 6.18. The topological polar surface area (TPSA) is 29.1 Å². The molecule has 0 aromatic heterocycles. The van der Waals surface area contributed by atoms with Gasteiger partial charge in [-0.3, -0.25) is 4.79 Å². The highest BCUT2D eigenvalue weighted by Crippen LogP contribution is 2.27. The van der Waals surface area contributed by atoms with Crippen molar-refractivity contribution in [1.29, 1.82) is 0 Å². The molecular formula is C17H15Cl2NO. The van der Waals surface area contributed by atoms with Crippen LogP contribution in [0, 0.1) is 0 Å². The largest absolute Gasteiger partial charge is 0.312 e. The first-order valence-corrected chi connectivity index (χ1v) is 7.66. The van der Waals surface area contributed by atoms with Crippen LogP contribution < -0.4 is 5.32 Å². The summed E-state index contributed by atoms with van der Waals surface area (Å²) in [7, 11) is 0. The first-order valence-electron chi connectivity index (χ1n) is 6.90. The summed E-state index contributed by atoms with van der Waals surface area (Å²) < 4.78 is 0. The second-order valence-corrected chi connectivity index (χ2v) is 6.09. The molecule has 1 aliphatic heterocycles. The number of ketones is 1. The summed E-state index contributed by atoms with van der Waals surface area (Å²) in [6, 6.07) is 13.5. The van der Waals surface area contributed by atoms with Crippen LogP contribution in [0.1, 0.15) is 22.6 Å². The van der Waals surface area contributed by atoms with Crippen molar-refractivity contribution in [3.63, 3.8) is 0 Å². The van der Waals surface area contributed by atoms with Gasteiger partial charge in [0.1, 0.15) is 5.78 Å². The zero-order chi connectivity index (χ0) is 14.8. The standard InChI is InChI=1S/C17H15Cl2NO/c18-15-6-5-11(7-16(15)19)8-17(21)14-10-20-9-12-3-1-2-4-13(12)14/h1-7,14,20H,8-10H2. The maximum absolute atomic E-state index is 12.6. The van der Waals surface area contributed by atoms with Crippen molar-refractivity contribution in [2.45, 2.75) is 18.9 Å². The average Bonchev–Trinajstić information content (AvgIpc) is 2.50. The molecule has 0 spiro atoms. The van der Waals surface area contributed by atoms with E-state index in [2.05, 4.69) is 11.4 Å². The molecule has 0 radical (unpaired) electrons. The van der Waals surface area contributed by atoms with Crippen molar-refractivity contribution in [1.82, 2.24) is 5.32 Å². The minimum atomic E-state index is -0.0931. The maximum Gasteiger partial charge on any atom is 0.145 e. The van der Waals surface area contributed by atoms with E-state index in [1.165, 1.54) is 5.56 Å². The van der Waals surface area contributed by atoms with Gasteiger partial charge in [-0.15, -0.1) is 0 Å². The highest BCUT2D eigenvalue weighted by molar-refractivity contribution is 6.42. The SMILES string of the molecule is O=C(Cc1ccc(Cl)c(Cl)c1)C1CNCc2ccccc21. The summed E-state index contributed by atoms with van der Waals surface area (Å²) in [5, 5.41) is 4.31. The predicted molar refractivity (Wildman–Crippen MR) is 86.1 cm³/mol. The van der Waals surface area contributed by atoms with Crippen LogP contribution in [0.15, 0.2) is 42.5 Å². The van der Waals surface area contributed by atoms with Gasteiger partial charge in [0.15, 0.2) is 0 Å². The molecule has 1 N–H and O–H groups in total. The molecule has 1 unspecified atom stereocenters. The summed E-state index contributed by atoms with van der Waals surface area (Å²) in [4.78, 5) is 12.6. The molecule has 0 aliphatic carbocycles. The predicted octanol–water partition coefficient (Wildman–Crippen LogP) is 3.99. The van der Waals surface area contributed by atoms with Gasteiger partial charge in [0, 0.05) is 19.5 Å². The molecule has 21 heavy (non-hydrogen) atoms. The van der Waals surface area contributed by atoms with Crippen LogP contribution in [0.2, 0.25) is 10.0 Å². The van der Waals surface area contributed by atoms with Gasteiger partial charge in [0.2, 0.25) is 0 Å². The lowest BCUT2D eigenvalue weighted by Crippen LogP contribution is -2.33. The Balaban J connectivity index is 1.81. The summed E-state index contributed by atoms with van der Waals surface area (Å²) in [5.74, 6) is 0.109. The Bertz CT molecular complexity index is 684. The number of hydrogen-bond donors (Lipinski definition) is 1. The molecule has 0 amide bonds. The van der Waals surface area contributed by atoms with E-state index in [1.54, 1.807) is 12.1 Å². The van der Waals surface area contributed by atoms with E-state index in [9.17, 15) is 4.79 Å².